The highest BCUT2D eigenvalue weighted by molar-refractivity contribution is 7.99. The van der Waals surface area contributed by atoms with E-state index in [4.69, 9.17) is 4.74 Å². The van der Waals surface area contributed by atoms with Crippen LogP contribution in [0, 0.1) is 27.7 Å². The van der Waals surface area contributed by atoms with Crippen molar-refractivity contribution in [3.05, 3.63) is 56.1 Å². The normalized spacial score (nSPS) is 11.1. The predicted octanol–water partition coefficient (Wildman–Crippen LogP) is 6.51. The molecule has 4 aromatic rings. The molecule has 36 heavy (non-hydrogen) atoms. The number of carbonyl (C=O) groups excluding carboxylic acids is 2. The molecule has 0 saturated heterocycles. The Morgan fingerprint density at radius 2 is 1.81 bits per heavy atom. The molecule has 1 amide bonds. The van der Waals surface area contributed by atoms with Gasteiger partial charge in [0.2, 0.25) is 5.91 Å². The fraction of sp³-hybridized carbons (Fsp3) is 0.308. The molecule has 3 heterocycles. The van der Waals surface area contributed by atoms with Gasteiger partial charge in [-0.05, 0) is 51.3 Å². The zero-order chi connectivity index (χ0) is 26.0. The first-order valence-corrected chi connectivity index (χ1v) is 14.2. The molecule has 1 N–H and O–H groups in total. The molecule has 188 valence electrons. The van der Waals surface area contributed by atoms with Crippen molar-refractivity contribution in [2.75, 3.05) is 18.2 Å². The van der Waals surface area contributed by atoms with E-state index < -0.39 is 5.97 Å². The zero-order valence-corrected chi connectivity index (χ0v) is 23.5. The molecule has 0 radical (unpaired) electrons. The molecule has 10 heteroatoms. The number of amides is 1. The van der Waals surface area contributed by atoms with Crippen LogP contribution in [-0.2, 0) is 16.1 Å². The van der Waals surface area contributed by atoms with Crippen LogP contribution in [-0.4, -0.2) is 39.5 Å². The predicted molar refractivity (Wildman–Crippen MR) is 148 cm³/mol. The molecule has 1 aromatic carbocycles. The van der Waals surface area contributed by atoms with Crippen LogP contribution in [0.25, 0.3) is 22.5 Å². The summed E-state index contributed by atoms with van der Waals surface area (Å²) in [6.45, 7) is 10.9. The number of aryl methyl sites for hydroxylation is 3. The Balaban J connectivity index is 1.54. The van der Waals surface area contributed by atoms with Gasteiger partial charge in [0.05, 0.1) is 12.9 Å². The zero-order valence-electron chi connectivity index (χ0n) is 21.1. The second-order valence-electron chi connectivity index (χ2n) is 8.38. The van der Waals surface area contributed by atoms with E-state index in [1.807, 2.05) is 48.9 Å². The Labute approximate surface area is 222 Å². The van der Waals surface area contributed by atoms with Crippen molar-refractivity contribution >= 4 is 51.3 Å². The minimum Gasteiger partial charge on any atom is -0.465 e. The number of ether oxygens (including phenoxy) is 1. The second kappa shape index (κ2) is 11.0. The number of thioether (sulfide) groups is 1. The van der Waals surface area contributed by atoms with Gasteiger partial charge < -0.3 is 14.6 Å². The van der Waals surface area contributed by atoms with Gasteiger partial charge in [-0.1, -0.05) is 35.5 Å². The van der Waals surface area contributed by atoms with Crippen molar-refractivity contribution in [2.24, 2.45) is 0 Å². The van der Waals surface area contributed by atoms with Crippen LogP contribution in [0.15, 0.2) is 34.1 Å². The minimum atomic E-state index is -0.480. The third kappa shape index (κ3) is 5.11. The minimum absolute atomic E-state index is 0.136. The maximum absolute atomic E-state index is 12.9. The number of hydrogen-bond acceptors (Lipinski definition) is 8. The van der Waals surface area contributed by atoms with E-state index in [-0.39, 0.29) is 11.7 Å². The lowest BCUT2D eigenvalue weighted by Gasteiger charge is -2.10. The van der Waals surface area contributed by atoms with Crippen molar-refractivity contribution in [2.45, 2.75) is 46.3 Å². The number of rotatable bonds is 8. The number of methoxy groups -OCH3 is 1. The van der Waals surface area contributed by atoms with Crippen molar-refractivity contribution in [1.29, 1.82) is 0 Å². The molecule has 0 unspecified atom stereocenters. The summed E-state index contributed by atoms with van der Waals surface area (Å²) in [7, 11) is 1.35. The summed E-state index contributed by atoms with van der Waals surface area (Å²) in [5.41, 5.74) is 6.48. The van der Waals surface area contributed by atoms with Crippen molar-refractivity contribution in [1.82, 2.24) is 14.8 Å². The Morgan fingerprint density at radius 1 is 1.06 bits per heavy atom. The molecular formula is C26H28N4O3S3. The highest BCUT2D eigenvalue weighted by Crippen LogP contribution is 2.38. The van der Waals surface area contributed by atoms with Crippen molar-refractivity contribution < 1.29 is 14.3 Å². The van der Waals surface area contributed by atoms with Crippen LogP contribution in [0.3, 0.4) is 0 Å². The van der Waals surface area contributed by atoms with E-state index in [0.717, 1.165) is 33.6 Å². The molecular weight excluding hydrogens is 513 g/mol. The van der Waals surface area contributed by atoms with Gasteiger partial charge in [0, 0.05) is 33.3 Å². The molecule has 0 aliphatic rings. The second-order valence-corrected chi connectivity index (χ2v) is 11.3. The third-order valence-corrected chi connectivity index (χ3v) is 8.88. The van der Waals surface area contributed by atoms with E-state index >= 15 is 0 Å². The van der Waals surface area contributed by atoms with Gasteiger partial charge in [0.25, 0.3) is 0 Å². The van der Waals surface area contributed by atoms with Gasteiger partial charge >= 0.3 is 5.97 Å². The molecule has 0 atom stereocenters. The standard InChI is InChI=1S/C26H28N4O3S3/c1-7-30-23(19-11-34-17(5)16(19)4)28-29-26(30)36-13-21(31)27-24-22(25(32)33-6)20(12-35-24)18-10-14(2)8-9-15(18)3/h8-12H,7,13H2,1-6H3,(H,27,31). The Morgan fingerprint density at radius 3 is 2.47 bits per heavy atom. The number of nitrogens with zero attached hydrogens (tertiary/aromatic N) is 3. The Kier molecular flexibility index (Phi) is 7.97. The first-order valence-electron chi connectivity index (χ1n) is 11.4. The maximum Gasteiger partial charge on any atom is 0.341 e. The van der Waals surface area contributed by atoms with Crippen LogP contribution < -0.4 is 5.32 Å². The summed E-state index contributed by atoms with van der Waals surface area (Å²) in [4.78, 5) is 26.9. The molecule has 0 bridgehead atoms. The number of thiophene rings is 2. The lowest BCUT2D eigenvalue weighted by atomic mass is 9.97. The average molecular weight is 541 g/mol. The highest BCUT2D eigenvalue weighted by atomic mass is 32.2. The third-order valence-electron chi connectivity index (χ3n) is 6.01. The smallest absolute Gasteiger partial charge is 0.341 e. The van der Waals surface area contributed by atoms with E-state index in [2.05, 4.69) is 34.7 Å². The molecule has 0 aliphatic carbocycles. The Hall–Kier alpha value is -2.95. The molecule has 0 fully saturated rings. The molecule has 4 rings (SSSR count). The number of hydrogen-bond donors (Lipinski definition) is 1. The number of esters is 1. The fourth-order valence-electron chi connectivity index (χ4n) is 3.89. The summed E-state index contributed by atoms with van der Waals surface area (Å²) in [6.07, 6.45) is 0. The van der Waals surface area contributed by atoms with Crippen molar-refractivity contribution in [3.8, 4) is 22.5 Å². The van der Waals surface area contributed by atoms with Gasteiger partial charge in [-0.15, -0.1) is 32.9 Å². The lowest BCUT2D eigenvalue weighted by Crippen LogP contribution is -2.16. The molecule has 0 aliphatic heterocycles. The summed E-state index contributed by atoms with van der Waals surface area (Å²) in [6, 6.07) is 6.09. The van der Waals surface area contributed by atoms with Gasteiger partial charge in [-0.25, -0.2) is 4.79 Å². The van der Waals surface area contributed by atoms with Gasteiger partial charge in [-0.3, -0.25) is 4.79 Å². The monoisotopic (exact) mass is 540 g/mol. The Bertz CT molecular complexity index is 1430. The van der Waals surface area contributed by atoms with Crippen LogP contribution >= 0.6 is 34.4 Å². The number of benzene rings is 1. The SMILES string of the molecule is CCn1c(SCC(=O)Nc2scc(-c3cc(C)ccc3C)c2C(=O)OC)nnc1-c1csc(C)c1C. The van der Waals surface area contributed by atoms with Crippen LogP contribution in [0.5, 0.6) is 0 Å². The largest absolute Gasteiger partial charge is 0.465 e. The summed E-state index contributed by atoms with van der Waals surface area (Å²) >= 11 is 4.33. The summed E-state index contributed by atoms with van der Waals surface area (Å²) in [5.74, 6) is 0.240. The summed E-state index contributed by atoms with van der Waals surface area (Å²) < 4.78 is 7.08. The maximum atomic E-state index is 12.9. The topological polar surface area (TPSA) is 86.1 Å². The van der Waals surface area contributed by atoms with Gasteiger partial charge in [-0.2, -0.15) is 0 Å². The molecule has 0 saturated carbocycles. The van der Waals surface area contributed by atoms with E-state index in [1.165, 1.54) is 40.6 Å². The average Bonchev–Trinajstić information content (AvgIpc) is 3.55. The molecule has 3 aromatic heterocycles. The number of carbonyl (C=O) groups is 2. The lowest BCUT2D eigenvalue weighted by molar-refractivity contribution is -0.113. The van der Waals surface area contributed by atoms with Gasteiger partial charge in [0.15, 0.2) is 11.0 Å². The van der Waals surface area contributed by atoms with E-state index in [1.54, 1.807) is 11.3 Å². The van der Waals surface area contributed by atoms with Gasteiger partial charge in [0.1, 0.15) is 10.6 Å². The van der Waals surface area contributed by atoms with Crippen LogP contribution in [0.4, 0.5) is 5.00 Å². The highest BCUT2D eigenvalue weighted by Gasteiger charge is 2.24. The molecule has 0 spiro atoms. The fourth-order valence-corrected chi connectivity index (χ4v) is 6.52. The van der Waals surface area contributed by atoms with Crippen LogP contribution in [0.1, 0.15) is 38.8 Å². The first-order chi connectivity index (χ1) is 17.2. The number of aromatic nitrogens is 3. The molecule has 7 nitrogen and oxygen atoms in total. The van der Waals surface area contributed by atoms with E-state index in [9.17, 15) is 9.59 Å². The quantitative estimate of drug-likeness (QED) is 0.203. The van der Waals surface area contributed by atoms with Crippen molar-refractivity contribution in [3.63, 3.8) is 0 Å². The van der Waals surface area contributed by atoms with Crippen LogP contribution in [0.2, 0.25) is 0 Å². The number of nitrogens with one attached hydrogen (secondary N) is 1. The number of anilines is 1. The van der Waals surface area contributed by atoms with E-state index in [0.29, 0.717) is 22.3 Å². The summed E-state index contributed by atoms with van der Waals surface area (Å²) in [5, 5.41) is 16.8. The first kappa shape index (κ1) is 26.1.